The average molecular weight is 190 g/mol. The minimum atomic E-state index is 0. The van der Waals surface area contributed by atoms with Gasteiger partial charge in [-0.2, -0.15) is 0 Å². The van der Waals surface area contributed by atoms with Crippen LogP contribution < -0.4 is 0 Å². The van der Waals surface area contributed by atoms with Gasteiger partial charge in [0.15, 0.2) is 0 Å². The maximum atomic E-state index is 4.96. The normalized spacial score (nSPS) is 5.83. The molecule has 0 aliphatic heterocycles. The smallest absolute Gasteiger partial charge is 0.0904 e. The van der Waals surface area contributed by atoms with Crippen molar-refractivity contribution < 1.29 is 16.5 Å². The van der Waals surface area contributed by atoms with Crippen molar-refractivity contribution in [1.82, 2.24) is 0 Å². The molecule has 0 atom stereocenters. The van der Waals surface area contributed by atoms with Crippen molar-refractivity contribution in [2.24, 2.45) is 0 Å². The Morgan fingerprint density at radius 2 is 1.50 bits per heavy atom. The first-order valence-electron chi connectivity index (χ1n) is 0.885. The van der Waals surface area contributed by atoms with Crippen LogP contribution in [0.5, 0.6) is 0 Å². The quantitative estimate of drug-likeness (QED) is 0.515. The van der Waals surface area contributed by atoms with Crippen LogP contribution in [0.4, 0.5) is 0 Å². The van der Waals surface area contributed by atoms with Crippen molar-refractivity contribution >= 4 is 34.8 Å². The van der Waals surface area contributed by atoms with Crippen molar-refractivity contribution in [3.05, 3.63) is 10.0 Å². The average Bonchev–Trinajstić information content (AvgIpc) is 1.38. The second-order valence-corrected chi connectivity index (χ2v) is 1.62. The Kier molecular flexibility index (Phi) is 10.3. The zero-order chi connectivity index (χ0) is 4.28. The number of hydrogen-bond acceptors (Lipinski definition) is 0. The molecule has 0 bridgehead atoms. The van der Waals surface area contributed by atoms with Gasteiger partial charge >= 0.3 is 16.5 Å². The summed E-state index contributed by atoms with van der Waals surface area (Å²) in [6, 6.07) is 0. The molecular weight excluding hydrogens is 189 g/mol. The summed E-state index contributed by atoms with van der Waals surface area (Å²) in [7, 11) is 0. The summed E-state index contributed by atoms with van der Waals surface area (Å²) >= 11 is 14.8. The molecule has 4 heteroatoms. The van der Waals surface area contributed by atoms with Crippen molar-refractivity contribution in [3.63, 3.8) is 0 Å². The van der Waals surface area contributed by atoms with Crippen LogP contribution in [0.3, 0.4) is 0 Å². The molecule has 6 heavy (non-hydrogen) atoms. The number of hydrogen-bond donors (Lipinski definition) is 0. The molecule has 0 aromatic carbocycles. The predicted octanol–water partition coefficient (Wildman–Crippen LogP) is 2.50. The van der Waals surface area contributed by atoms with Gasteiger partial charge in [0.05, 0.1) is 0 Å². The first kappa shape index (κ1) is 10.2. The van der Waals surface area contributed by atoms with E-state index in [1.807, 2.05) is 0 Å². The topological polar surface area (TPSA) is 0 Å². The van der Waals surface area contributed by atoms with Gasteiger partial charge in [-0.05, 0) is 0 Å². The van der Waals surface area contributed by atoms with Gasteiger partial charge in [-0.1, -0.05) is 34.8 Å². The molecule has 0 fully saturated rings. The summed E-state index contributed by atoms with van der Waals surface area (Å²) in [4.78, 5) is 0. The minimum absolute atomic E-state index is 0. The first-order valence-corrected chi connectivity index (χ1v) is 2.08. The second kappa shape index (κ2) is 6.10. The molecule has 0 amide bonds. The van der Waals surface area contributed by atoms with Crippen molar-refractivity contribution in [1.29, 1.82) is 0 Å². The molecule has 0 rings (SSSR count). The van der Waals surface area contributed by atoms with Gasteiger partial charge in [-0.3, -0.25) is 0 Å². The van der Waals surface area contributed by atoms with Gasteiger partial charge in [-0.15, -0.1) is 0 Å². The molecule has 0 saturated carbocycles. The maximum Gasteiger partial charge on any atom is 2.00 e. The van der Waals surface area contributed by atoms with Gasteiger partial charge in [0.2, 0.25) is 0 Å². The van der Waals surface area contributed by atoms with Crippen molar-refractivity contribution in [2.75, 3.05) is 0 Å². The van der Waals surface area contributed by atoms with E-state index in [0.717, 1.165) is 5.54 Å². The van der Waals surface area contributed by atoms with Crippen LogP contribution in [0.25, 0.3) is 0 Å². The van der Waals surface area contributed by atoms with Crippen molar-refractivity contribution in [2.45, 2.75) is 0 Å². The van der Waals surface area contributed by atoms with E-state index in [0.29, 0.717) is 0 Å². The molecule has 0 saturated heterocycles. The molecule has 0 aromatic rings. The number of rotatable bonds is 0. The van der Waals surface area contributed by atoms with Crippen LogP contribution in [0.15, 0.2) is 10.0 Å². The van der Waals surface area contributed by atoms with Crippen LogP contribution >= 0.6 is 34.8 Å². The Morgan fingerprint density at radius 1 is 1.33 bits per heavy atom. The van der Waals surface area contributed by atoms with E-state index in [2.05, 4.69) is 0 Å². The molecule has 0 N–H and O–H groups in total. The molecule has 0 aliphatic carbocycles. The maximum absolute atomic E-state index is 4.96. The third-order valence-corrected chi connectivity index (χ3v) is 0.742. The summed E-state index contributed by atoms with van der Waals surface area (Å²) in [5.41, 5.74) is 1.09. The molecule has 0 radical (unpaired) electrons. The van der Waals surface area contributed by atoms with Crippen LogP contribution in [0.1, 0.15) is 0 Å². The fraction of sp³-hybridized carbons (Fsp3) is 0. The zero-order valence-electron chi connectivity index (χ0n) is 2.53. The monoisotopic (exact) mass is 188 g/mol. The molecule has 0 unspecified atom stereocenters. The summed E-state index contributed by atoms with van der Waals surface area (Å²) in [5, 5.41) is 0. The fourth-order valence-electron chi connectivity index (χ4n) is 0. The van der Waals surface area contributed by atoms with E-state index >= 15 is 0 Å². The van der Waals surface area contributed by atoms with Gasteiger partial charge in [0, 0.05) is 5.54 Å². The van der Waals surface area contributed by atoms with Gasteiger partial charge in [-0.25, -0.2) is 0 Å². The summed E-state index contributed by atoms with van der Waals surface area (Å²) < 4.78 is 0.0895. The number of halogens is 3. The Bertz CT molecular complexity index is 46.8. The first-order chi connectivity index (χ1) is 2.27. The minimum Gasteiger partial charge on any atom is -0.0904 e. The Morgan fingerprint density at radius 3 is 1.50 bits per heavy atom. The van der Waals surface area contributed by atoms with E-state index in [1.54, 1.807) is 0 Å². The second-order valence-electron chi connectivity index (χ2n) is 0.399. The Balaban J connectivity index is 0. The Labute approximate surface area is 61.4 Å². The predicted molar refractivity (Wildman–Crippen MR) is 25.6 cm³/mol. The van der Waals surface area contributed by atoms with E-state index in [1.165, 1.54) is 0 Å². The SMILES string of the molecule is ClC=C(Cl)Cl.[Ni+2]. The summed E-state index contributed by atoms with van der Waals surface area (Å²) in [5.74, 6) is 0. The zero-order valence-corrected chi connectivity index (χ0v) is 5.78. The Hall–Kier alpha value is 1.10. The van der Waals surface area contributed by atoms with Gasteiger partial charge in [0.25, 0.3) is 0 Å². The van der Waals surface area contributed by atoms with Gasteiger partial charge in [0.1, 0.15) is 4.49 Å². The van der Waals surface area contributed by atoms with Crippen LogP contribution in [0.2, 0.25) is 0 Å². The molecule has 38 valence electrons. The molecule has 0 heterocycles. The van der Waals surface area contributed by atoms with Crippen molar-refractivity contribution in [3.8, 4) is 0 Å². The third-order valence-electron chi connectivity index (χ3n) is 0.0825. The summed E-state index contributed by atoms with van der Waals surface area (Å²) in [6.45, 7) is 0. The summed E-state index contributed by atoms with van der Waals surface area (Å²) in [6.07, 6.45) is 0. The van der Waals surface area contributed by atoms with E-state index in [4.69, 9.17) is 34.8 Å². The largest absolute Gasteiger partial charge is 2.00 e. The van der Waals surface area contributed by atoms with Crippen LogP contribution in [-0.2, 0) is 16.5 Å². The molecule has 0 aromatic heterocycles. The fourth-order valence-corrected chi connectivity index (χ4v) is 0. The van der Waals surface area contributed by atoms with E-state index in [9.17, 15) is 0 Å². The van der Waals surface area contributed by atoms with Crippen LogP contribution in [-0.4, -0.2) is 0 Å². The standard InChI is InChI=1S/C2HCl3.Ni/c3-1-2(4)5;/h1H;/q;+2. The van der Waals surface area contributed by atoms with E-state index in [-0.39, 0.29) is 21.0 Å². The third kappa shape index (κ3) is 8.92. The van der Waals surface area contributed by atoms with Gasteiger partial charge < -0.3 is 0 Å². The molecule has 0 aliphatic rings. The molecular formula is C2HCl3Ni+2. The molecule has 0 nitrogen and oxygen atoms in total. The molecule has 0 spiro atoms. The van der Waals surface area contributed by atoms with Crippen LogP contribution in [0, 0.1) is 0 Å². The van der Waals surface area contributed by atoms with E-state index < -0.39 is 0 Å².